The molecule has 0 atom stereocenters. The Balaban J connectivity index is 2.05. The number of hydrogen-bond donors (Lipinski definition) is 0. The fourth-order valence-electron chi connectivity index (χ4n) is 1.93. The number of anilines is 1. The molecular formula is C11H11FN2O. The largest absolute Gasteiger partial charge is 0.423 e. The maximum atomic E-state index is 12.9. The lowest BCUT2D eigenvalue weighted by molar-refractivity contribution is 0.578. The van der Waals surface area contributed by atoms with Gasteiger partial charge in [0, 0.05) is 19.2 Å². The smallest absolute Gasteiger partial charge is 0.298 e. The monoisotopic (exact) mass is 206 g/mol. The van der Waals surface area contributed by atoms with Crippen LogP contribution in [0.4, 0.5) is 10.4 Å². The number of halogens is 1. The van der Waals surface area contributed by atoms with Crippen molar-refractivity contribution in [3.63, 3.8) is 0 Å². The van der Waals surface area contributed by atoms with E-state index in [9.17, 15) is 4.39 Å². The van der Waals surface area contributed by atoms with Crippen molar-refractivity contribution in [2.24, 2.45) is 0 Å². The number of hydrogen-bond acceptors (Lipinski definition) is 3. The van der Waals surface area contributed by atoms with Crippen LogP contribution in [0, 0.1) is 5.82 Å². The van der Waals surface area contributed by atoms with E-state index in [1.54, 1.807) is 6.07 Å². The van der Waals surface area contributed by atoms with Crippen LogP contribution < -0.4 is 4.90 Å². The molecule has 0 N–H and O–H groups in total. The van der Waals surface area contributed by atoms with Gasteiger partial charge in [0.15, 0.2) is 5.58 Å². The van der Waals surface area contributed by atoms with E-state index in [0.717, 1.165) is 18.6 Å². The van der Waals surface area contributed by atoms with Gasteiger partial charge >= 0.3 is 0 Å². The van der Waals surface area contributed by atoms with Crippen LogP contribution in [0.3, 0.4) is 0 Å². The number of rotatable bonds is 1. The van der Waals surface area contributed by atoms with E-state index in [2.05, 4.69) is 9.88 Å². The lowest BCUT2D eigenvalue weighted by Crippen LogP contribution is -2.17. The standard InChI is InChI=1S/C11H11FN2O/c12-8-3-4-9-10(7-8)15-11(13-9)14-5-1-2-6-14/h3-4,7H,1-2,5-6H2. The molecule has 0 amide bonds. The zero-order chi connectivity index (χ0) is 10.3. The van der Waals surface area contributed by atoms with Gasteiger partial charge in [0.1, 0.15) is 11.3 Å². The van der Waals surface area contributed by atoms with Crippen molar-refractivity contribution in [3.05, 3.63) is 24.0 Å². The molecule has 0 aliphatic carbocycles. The SMILES string of the molecule is Fc1ccc2nc(N3CCCC3)oc2c1. The molecule has 1 aliphatic heterocycles. The van der Waals surface area contributed by atoms with Crippen LogP contribution in [-0.2, 0) is 0 Å². The second-order valence-corrected chi connectivity index (χ2v) is 3.80. The molecule has 3 nitrogen and oxygen atoms in total. The maximum Gasteiger partial charge on any atom is 0.298 e. The third kappa shape index (κ3) is 1.46. The first-order valence-electron chi connectivity index (χ1n) is 5.14. The number of nitrogens with zero attached hydrogens (tertiary/aromatic N) is 2. The maximum absolute atomic E-state index is 12.9. The van der Waals surface area contributed by atoms with E-state index < -0.39 is 0 Å². The van der Waals surface area contributed by atoms with E-state index in [4.69, 9.17) is 4.42 Å². The minimum atomic E-state index is -0.286. The Hall–Kier alpha value is -1.58. The van der Waals surface area contributed by atoms with Gasteiger partial charge < -0.3 is 9.32 Å². The van der Waals surface area contributed by atoms with E-state index >= 15 is 0 Å². The lowest BCUT2D eigenvalue weighted by atomic mass is 10.3. The highest BCUT2D eigenvalue weighted by Gasteiger charge is 2.17. The summed E-state index contributed by atoms with van der Waals surface area (Å²) in [4.78, 5) is 6.42. The predicted molar refractivity (Wildman–Crippen MR) is 55.4 cm³/mol. The van der Waals surface area contributed by atoms with Gasteiger partial charge in [-0.25, -0.2) is 4.39 Å². The summed E-state index contributed by atoms with van der Waals surface area (Å²) in [6.07, 6.45) is 2.35. The van der Waals surface area contributed by atoms with Crippen molar-refractivity contribution in [1.29, 1.82) is 0 Å². The summed E-state index contributed by atoms with van der Waals surface area (Å²) in [6.45, 7) is 1.96. The van der Waals surface area contributed by atoms with E-state index in [1.165, 1.54) is 25.0 Å². The van der Waals surface area contributed by atoms with Crippen molar-refractivity contribution < 1.29 is 8.81 Å². The van der Waals surface area contributed by atoms with Crippen LogP contribution in [0.5, 0.6) is 0 Å². The van der Waals surface area contributed by atoms with Crippen molar-refractivity contribution in [2.75, 3.05) is 18.0 Å². The second-order valence-electron chi connectivity index (χ2n) is 3.80. The first-order valence-corrected chi connectivity index (χ1v) is 5.14. The van der Waals surface area contributed by atoms with Crippen molar-refractivity contribution in [3.8, 4) is 0 Å². The first-order chi connectivity index (χ1) is 7.33. The van der Waals surface area contributed by atoms with Gasteiger partial charge in [0.05, 0.1) is 0 Å². The van der Waals surface area contributed by atoms with Gasteiger partial charge in [-0.3, -0.25) is 0 Å². The molecule has 0 spiro atoms. The van der Waals surface area contributed by atoms with Crippen LogP contribution in [0.1, 0.15) is 12.8 Å². The van der Waals surface area contributed by atoms with Gasteiger partial charge in [-0.2, -0.15) is 4.98 Å². The fourth-order valence-corrected chi connectivity index (χ4v) is 1.93. The predicted octanol–water partition coefficient (Wildman–Crippen LogP) is 2.57. The van der Waals surface area contributed by atoms with Crippen molar-refractivity contribution >= 4 is 17.1 Å². The fraction of sp³-hybridized carbons (Fsp3) is 0.364. The first kappa shape index (κ1) is 8.71. The van der Waals surface area contributed by atoms with Crippen LogP contribution in [0.2, 0.25) is 0 Å². The number of aromatic nitrogens is 1. The minimum Gasteiger partial charge on any atom is -0.423 e. The quantitative estimate of drug-likeness (QED) is 0.718. The molecule has 0 unspecified atom stereocenters. The molecular weight excluding hydrogens is 195 g/mol. The molecule has 1 aliphatic rings. The Morgan fingerprint density at radius 2 is 2.07 bits per heavy atom. The molecule has 0 bridgehead atoms. The number of benzene rings is 1. The highest BCUT2D eigenvalue weighted by Crippen LogP contribution is 2.24. The Bertz CT molecular complexity index is 488. The highest BCUT2D eigenvalue weighted by molar-refractivity contribution is 5.74. The van der Waals surface area contributed by atoms with Crippen LogP contribution >= 0.6 is 0 Å². The Morgan fingerprint density at radius 3 is 2.87 bits per heavy atom. The van der Waals surface area contributed by atoms with Gasteiger partial charge in [-0.05, 0) is 25.0 Å². The normalized spacial score (nSPS) is 16.5. The Morgan fingerprint density at radius 1 is 1.27 bits per heavy atom. The summed E-state index contributed by atoms with van der Waals surface area (Å²) in [5, 5.41) is 0. The van der Waals surface area contributed by atoms with E-state index in [1.807, 2.05) is 0 Å². The van der Waals surface area contributed by atoms with E-state index in [0.29, 0.717) is 11.6 Å². The van der Waals surface area contributed by atoms with Crippen molar-refractivity contribution in [1.82, 2.24) is 4.98 Å². The molecule has 4 heteroatoms. The highest BCUT2D eigenvalue weighted by atomic mass is 19.1. The summed E-state index contributed by atoms with van der Waals surface area (Å²) >= 11 is 0. The molecule has 2 heterocycles. The Labute approximate surface area is 86.5 Å². The lowest BCUT2D eigenvalue weighted by Gasteiger charge is -2.10. The van der Waals surface area contributed by atoms with Crippen molar-refractivity contribution in [2.45, 2.75) is 12.8 Å². The van der Waals surface area contributed by atoms with Gasteiger partial charge in [0.2, 0.25) is 0 Å². The average Bonchev–Trinajstić information content (AvgIpc) is 2.84. The van der Waals surface area contributed by atoms with Gasteiger partial charge in [-0.15, -0.1) is 0 Å². The molecule has 1 aromatic heterocycles. The summed E-state index contributed by atoms with van der Waals surface area (Å²) in [5.41, 5.74) is 1.25. The molecule has 78 valence electrons. The minimum absolute atomic E-state index is 0.286. The summed E-state index contributed by atoms with van der Waals surface area (Å²) in [5.74, 6) is -0.286. The average molecular weight is 206 g/mol. The summed E-state index contributed by atoms with van der Waals surface area (Å²) < 4.78 is 18.4. The molecule has 2 aromatic rings. The molecule has 1 fully saturated rings. The summed E-state index contributed by atoms with van der Waals surface area (Å²) in [6, 6.07) is 5.04. The molecule has 15 heavy (non-hydrogen) atoms. The van der Waals surface area contributed by atoms with Crippen LogP contribution in [0.25, 0.3) is 11.1 Å². The zero-order valence-corrected chi connectivity index (χ0v) is 8.24. The third-order valence-corrected chi connectivity index (χ3v) is 2.72. The Kier molecular flexibility index (Phi) is 1.87. The van der Waals surface area contributed by atoms with Gasteiger partial charge in [-0.1, -0.05) is 0 Å². The zero-order valence-electron chi connectivity index (χ0n) is 8.24. The second kappa shape index (κ2) is 3.22. The third-order valence-electron chi connectivity index (χ3n) is 2.72. The van der Waals surface area contributed by atoms with E-state index in [-0.39, 0.29) is 5.82 Å². The van der Waals surface area contributed by atoms with Crippen LogP contribution in [-0.4, -0.2) is 18.1 Å². The molecule has 1 aromatic carbocycles. The van der Waals surface area contributed by atoms with Crippen LogP contribution in [0.15, 0.2) is 22.6 Å². The summed E-state index contributed by atoms with van der Waals surface area (Å²) in [7, 11) is 0. The molecule has 1 saturated heterocycles. The van der Waals surface area contributed by atoms with Gasteiger partial charge in [0.25, 0.3) is 6.01 Å². The topological polar surface area (TPSA) is 29.3 Å². The number of oxazole rings is 1. The molecule has 3 rings (SSSR count). The molecule has 0 saturated carbocycles. The number of fused-ring (bicyclic) bond motifs is 1. The molecule has 0 radical (unpaired) electrons.